The number of piperazine rings is 1. The third kappa shape index (κ3) is 6.39. The number of benzene rings is 3. The summed E-state index contributed by atoms with van der Waals surface area (Å²) in [5.41, 5.74) is 6.57. The largest absolute Gasteiger partial charge is 0.369 e. The molecule has 8 heteroatoms. The molecule has 5 rings (SSSR count). The molecule has 0 atom stereocenters. The molecule has 0 bridgehead atoms. The summed E-state index contributed by atoms with van der Waals surface area (Å²) in [4.78, 5) is 35.5. The second-order valence-electron chi connectivity index (χ2n) is 12.1. The van der Waals surface area contributed by atoms with Crippen molar-refractivity contribution in [1.29, 1.82) is 0 Å². The lowest BCUT2D eigenvalue weighted by Crippen LogP contribution is -2.44. The summed E-state index contributed by atoms with van der Waals surface area (Å²) in [6, 6.07) is 21.6. The Morgan fingerprint density at radius 1 is 0.881 bits per heavy atom. The maximum Gasteiger partial charge on any atom is 0.293 e. The number of nitrogens with zero attached hydrogens (tertiary/aromatic N) is 4. The first-order valence-electron chi connectivity index (χ1n) is 14.4. The number of rotatable bonds is 6. The van der Waals surface area contributed by atoms with Gasteiger partial charge in [-0.25, -0.2) is 4.98 Å². The first-order chi connectivity index (χ1) is 20.0. The topological polar surface area (TPSA) is 82.5 Å². The minimum Gasteiger partial charge on any atom is -0.369 e. The SMILES string of the molecule is Cc1c(NC(=O)c2ccc(C(C)(C)C)cc2)cccc1-c1cn(C)c(=O)c(Nc2ccc(N3CCN(C)CC3)cc2)n1. The Hall–Kier alpha value is -4.43. The van der Waals surface area contributed by atoms with Crippen LogP contribution in [0.3, 0.4) is 0 Å². The van der Waals surface area contributed by atoms with E-state index in [4.69, 9.17) is 4.98 Å². The summed E-state index contributed by atoms with van der Waals surface area (Å²) in [6.07, 6.45) is 1.73. The van der Waals surface area contributed by atoms with Gasteiger partial charge in [0.15, 0.2) is 5.82 Å². The van der Waals surface area contributed by atoms with Crippen molar-refractivity contribution in [2.45, 2.75) is 33.1 Å². The normalized spacial score (nSPS) is 14.1. The number of aryl methyl sites for hydroxylation is 1. The number of aromatic nitrogens is 2. The summed E-state index contributed by atoms with van der Waals surface area (Å²) in [5, 5.41) is 6.27. The van der Waals surface area contributed by atoms with Gasteiger partial charge in [0.2, 0.25) is 0 Å². The van der Waals surface area contributed by atoms with Gasteiger partial charge < -0.3 is 25.0 Å². The summed E-state index contributed by atoms with van der Waals surface area (Å²) in [7, 11) is 3.87. The van der Waals surface area contributed by atoms with Crippen molar-refractivity contribution in [1.82, 2.24) is 14.5 Å². The van der Waals surface area contributed by atoms with Crippen LogP contribution in [0.4, 0.5) is 22.9 Å². The van der Waals surface area contributed by atoms with Crippen molar-refractivity contribution in [2.24, 2.45) is 7.05 Å². The molecule has 1 aliphatic rings. The van der Waals surface area contributed by atoms with E-state index in [1.165, 1.54) is 15.8 Å². The first kappa shape index (κ1) is 29.1. The summed E-state index contributed by atoms with van der Waals surface area (Å²) in [6.45, 7) is 12.5. The molecule has 2 heterocycles. The maximum absolute atomic E-state index is 13.1. The van der Waals surface area contributed by atoms with Crippen molar-refractivity contribution in [3.63, 3.8) is 0 Å². The quantitative estimate of drug-likeness (QED) is 0.308. The number of carbonyl (C=O) groups excluding carboxylic acids is 1. The van der Waals surface area contributed by atoms with Gasteiger partial charge in [0.1, 0.15) is 0 Å². The highest BCUT2D eigenvalue weighted by atomic mass is 16.1. The third-order valence-corrected chi connectivity index (χ3v) is 7.94. The van der Waals surface area contributed by atoms with Crippen LogP contribution in [0, 0.1) is 6.92 Å². The Bertz CT molecular complexity index is 1630. The van der Waals surface area contributed by atoms with Gasteiger partial charge in [0.25, 0.3) is 11.5 Å². The Morgan fingerprint density at radius 3 is 2.19 bits per heavy atom. The van der Waals surface area contributed by atoms with Crippen LogP contribution in [0.1, 0.15) is 42.3 Å². The monoisotopic (exact) mass is 564 g/mol. The van der Waals surface area contributed by atoms with E-state index in [1.807, 2.05) is 61.5 Å². The van der Waals surface area contributed by atoms with Crippen molar-refractivity contribution in [3.05, 3.63) is 100.0 Å². The standard InChI is InChI=1S/C34H40N6O2/c1-23-28(8-7-9-29(23)37-32(41)24-10-12-25(13-11-24)34(2,3)4)30-22-39(6)33(42)31(36-30)35-26-14-16-27(17-15-26)40-20-18-38(5)19-21-40/h7-17,22H,18-21H2,1-6H3,(H,35,36)(H,37,41). The van der Waals surface area contributed by atoms with Gasteiger partial charge in [-0.3, -0.25) is 9.59 Å². The van der Waals surface area contributed by atoms with Crippen molar-refractivity contribution in [2.75, 3.05) is 48.8 Å². The van der Waals surface area contributed by atoms with Gasteiger partial charge >= 0.3 is 0 Å². The van der Waals surface area contributed by atoms with Crippen LogP contribution in [-0.4, -0.2) is 53.6 Å². The first-order valence-corrected chi connectivity index (χ1v) is 14.4. The van der Waals surface area contributed by atoms with E-state index in [1.54, 1.807) is 13.2 Å². The predicted octanol–water partition coefficient (Wildman–Crippen LogP) is 5.80. The summed E-state index contributed by atoms with van der Waals surface area (Å²) >= 11 is 0. The average Bonchev–Trinajstić information content (AvgIpc) is 2.97. The number of hydrogen-bond acceptors (Lipinski definition) is 6. The van der Waals surface area contributed by atoms with E-state index in [0.717, 1.165) is 43.0 Å². The molecule has 8 nitrogen and oxygen atoms in total. The fourth-order valence-electron chi connectivity index (χ4n) is 5.14. The molecule has 0 saturated carbocycles. The molecule has 42 heavy (non-hydrogen) atoms. The minimum atomic E-state index is -0.220. The Balaban J connectivity index is 1.36. The molecular weight excluding hydrogens is 524 g/mol. The van der Waals surface area contributed by atoms with E-state index in [-0.39, 0.29) is 22.7 Å². The minimum absolute atomic E-state index is 0.0183. The fraction of sp³-hybridized carbons (Fsp3) is 0.324. The molecule has 0 radical (unpaired) electrons. The molecular formula is C34H40N6O2. The van der Waals surface area contributed by atoms with Gasteiger partial charge in [0.05, 0.1) is 5.69 Å². The number of nitrogens with one attached hydrogen (secondary N) is 2. The lowest BCUT2D eigenvalue weighted by molar-refractivity contribution is 0.102. The number of hydrogen-bond donors (Lipinski definition) is 2. The molecule has 1 saturated heterocycles. The van der Waals surface area contributed by atoms with Crippen molar-refractivity contribution in [3.8, 4) is 11.3 Å². The molecule has 218 valence electrons. The van der Waals surface area contributed by atoms with E-state index >= 15 is 0 Å². The van der Waals surface area contributed by atoms with Crippen LogP contribution in [0.15, 0.2) is 77.7 Å². The molecule has 1 fully saturated rings. The summed E-state index contributed by atoms with van der Waals surface area (Å²) in [5.74, 6) is 0.0710. The Kier molecular flexibility index (Phi) is 8.18. The molecule has 0 aliphatic carbocycles. The van der Waals surface area contributed by atoms with Crippen LogP contribution < -0.4 is 21.1 Å². The predicted molar refractivity (Wildman–Crippen MR) is 172 cm³/mol. The van der Waals surface area contributed by atoms with Crippen LogP contribution in [0.2, 0.25) is 0 Å². The highest BCUT2D eigenvalue weighted by Crippen LogP contribution is 2.29. The van der Waals surface area contributed by atoms with E-state index in [9.17, 15) is 9.59 Å². The third-order valence-electron chi connectivity index (χ3n) is 7.94. The summed E-state index contributed by atoms with van der Waals surface area (Å²) < 4.78 is 1.53. The number of amides is 1. The fourth-order valence-corrected chi connectivity index (χ4v) is 5.14. The zero-order valence-corrected chi connectivity index (χ0v) is 25.4. The Labute approximate surface area is 248 Å². The maximum atomic E-state index is 13.1. The molecule has 4 aromatic rings. The van der Waals surface area contributed by atoms with Crippen molar-refractivity contribution >= 4 is 28.8 Å². The van der Waals surface area contributed by atoms with Crippen LogP contribution in [0.5, 0.6) is 0 Å². The molecule has 3 aromatic carbocycles. The smallest absolute Gasteiger partial charge is 0.293 e. The molecule has 1 amide bonds. The highest BCUT2D eigenvalue weighted by Gasteiger charge is 2.17. The van der Waals surface area contributed by atoms with Crippen LogP contribution >= 0.6 is 0 Å². The molecule has 0 unspecified atom stereocenters. The van der Waals surface area contributed by atoms with Crippen LogP contribution in [-0.2, 0) is 12.5 Å². The van der Waals surface area contributed by atoms with Crippen LogP contribution in [0.25, 0.3) is 11.3 Å². The zero-order valence-electron chi connectivity index (χ0n) is 25.4. The van der Waals surface area contributed by atoms with Gasteiger partial charge in [-0.1, -0.05) is 45.0 Å². The van der Waals surface area contributed by atoms with E-state index in [0.29, 0.717) is 16.9 Å². The molecule has 2 N–H and O–H groups in total. The van der Waals surface area contributed by atoms with Gasteiger partial charge in [0, 0.05) is 67.6 Å². The molecule has 1 aromatic heterocycles. The zero-order chi connectivity index (χ0) is 30.0. The second-order valence-corrected chi connectivity index (χ2v) is 12.1. The van der Waals surface area contributed by atoms with E-state index < -0.39 is 0 Å². The van der Waals surface area contributed by atoms with Gasteiger partial charge in [-0.05, 0) is 73.0 Å². The highest BCUT2D eigenvalue weighted by molar-refractivity contribution is 6.05. The second kappa shape index (κ2) is 11.8. The van der Waals surface area contributed by atoms with E-state index in [2.05, 4.69) is 60.4 Å². The lowest BCUT2D eigenvalue weighted by atomic mass is 9.86. The number of anilines is 4. The van der Waals surface area contributed by atoms with Crippen molar-refractivity contribution < 1.29 is 4.79 Å². The molecule has 1 aliphatic heterocycles. The number of likely N-dealkylation sites (N-methyl/N-ethyl adjacent to an activating group) is 1. The lowest BCUT2D eigenvalue weighted by Gasteiger charge is -2.34. The van der Waals surface area contributed by atoms with Gasteiger partial charge in [-0.2, -0.15) is 0 Å². The van der Waals surface area contributed by atoms with Gasteiger partial charge in [-0.15, -0.1) is 0 Å². The average molecular weight is 565 g/mol. The Morgan fingerprint density at radius 2 is 1.55 bits per heavy atom. The molecule has 0 spiro atoms. The number of carbonyl (C=O) groups is 1.